The first kappa shape index (κ1) is 11.9. The molecule has 0 aromatic heterocycles. The molecule has 0 radical (unpaired) electrons. The molecule has 0 spiro atoms. The van der Waals surface area contributed by atoms with Crippen molar-refractivity contribution in [2.75, 3.05) is 6.54 Å². The number of hydrogen-bond donors (Lipinski definition) is 1. The van der Waals surface area contributed by atoms with E-state index in [0.717, 1.165) is 18.4 Å². The number of nitrogens with one attached hydrogen (secondary N) is 1. The van der Waals surface area contributed by atoms with Crippen molar-refractivity contribution < 1.29 is 9.59 Å². The van der Waals surface area contributed by atoms with Gasteiger partial charge in [0.15, 0.2) is 0 Å². The molecule has 0 saturated carbocycles. The van der Waals surface area contributed by atoms with Crippen molar-refractivity contribution in [1.82, 2.24) is 5.32 Å². The maximum absolute atomic E-state index is 8.12. The lowest BCUT2D eigenvalue weighted by Crippen LogP contribution is -2.09. The van der Waals surface area contributed by atoms with Gasteiger partial charge in [-0.05, 0) is 24.7 Å². The van der Waals surface area contributed by atoms with Crippen LogP contribution in [0, 0.1) is 11.8 Å². The van der Waals surface area contributed by atoms with Crippen LogP contribution >= 0.6 is 0 Å². The summed E-state index contributed by atoms with van der Waals surface area (Å²) in [7, 11) is 0. The van der Waals surface area contributed by atoms with Crippen molar-refractivity contribution in [3.05, 3.63) is 12.3 Å². The first-order valence-electron chi connectivity index (χ1n) is 4.51. The standard InChI is InChI=1S/C9H17N.CO2/c1-7(2)4-9-5-8(3)10-6-9;2-1-3/h7,9-10H,3-6H2,1-2H3;/t9-;/m0./s1. The van der Waals surface area contributed by atoms with Gasteiger partial charge in [0.1, 0.15) is 0 Å². The van der Waals surface area contributed by atoms with Crippen LogP contribution < -0.4 is 5.32 Å². The van der Waals surface area contributed by atoms with E-state index in [2.05, 4.69) is 25.7 Å². The van der Waals surface area contributed by atoms with Gasteiger partial charge in [0.25, 0.3) is 0 Å². The van der Waals surface area contributed by atoms with Gasteiger partial charge in [-0.25, -0.2) is 0 Å². The lowest BCUT2D eigenvalue weighted by atomic mass is 9.96. The van der Waals surface area contributed by atoms with E-state index in [1.807, 2.05) is 0 Å². The van der Waals surface area contributed by atoms with Crippen molar-refractivity contribution >= 4 is 6.15 Å². The molecular weight excluding hydrogens is 166 g/mol. The molecule has 13 heavy (non-hydrogen) atoms. The minimum absolute atomic E-state index is 0.250. The van der Waals surface area contributed by atoms with Crippen molar-refractivity contribution in [2.24, 2.45) is 11.8 Å². The zero-order chi connectivity index (χ0) is 10.3. The highest BCUT2D eigenvalue weighted by Crippen LogP contribution is 2.22. The second-order valence-electron chi connectivity index (χ2n) is 3.77. The summed E-state index contributed by atoms with van der Waals surface area (Å²) in [5.41, 5.74) is 1.23. The van der Waals surface area contributed by atoms with Gasteiger partial charge in [0.2, 0.25) is 0 Å². The Morgan fingerprint density at radius 2 is 2.15 bits per heavy atom. The Morgan fingerprint density at radius 1 is 1.62 bits per heavy atom. The number of rotatable bonds is 2. The molecule has 0 amide bonds. The van der Waals surface area contributed by atoms with E-state index in [9.17, 15) is 0 Å². The quantitative estimate of drug-likeness (QED) is 0.706. The Morgan fingerprint density at radius 3 is 2.46 bits per heavy atom. The molecule has 1 rings (SSSR count). The molecule has 1 aliphatic rings. The van der Waals surface area contributed by atoms with Gasteiger partial charge >= 0.3 is 6.15 Å². The van der Waals surface area contributed by atoms with Crippen molar-refractivity contribution in [2.45, 2.75) is 26.7 Å². The molecular formula is C10H17NO2. The number of carbonyl (C=O) groups excluding carboxylic acids is 2. The van der Waals surface area contributed by atoms with E-state index in [4.69, 9.17) is 9.59 Å². The first-order chi connectivity index (χ1) is 6.10. The smallest absolute Gasteiger partial charge is 0.373 e. The van der Waals surface area contributed by atoms with Crippen LogP contribution in [0.1, 0.15) is 26.7 Å². The maximum atomic E-state index is 8.12. The molecule has 0 aromatic rings. The van der Waals surface area contributed by atoms with Gasteiger partial charge in [-0.3, -0.25) is 0 Å². The summed E-state index contributed by atoms with van der Waals surface area (Å²) in [6.45, 7) is 9.61. The molecule has 74 valence electrons. The third kappa shape index (κ3) is 6.12. The van der Waals surface area contributed by atoms with Crippen LogP contribution in [-0.2, 0) is 9.59 Å². The zero-order valence-electron chi connectivity index (χ0n) is 8.30. The van der Waals surface area contributed by atoms with Crippen LogP contribution in [0.5, 0.6) is 0 Å². The van der Waals surface area contributed by atoms with Gasteiger partial charge in [-0.2, -0.15) is 9.59 Å². The second-order valence-corrected chi connectivity index (χ2v) is 3.77. The molecule has 0 aromatic carbocycles. The molecule has 3 nitrogen and oxygen atoms in total. The number of allylic oxidation sites excluding steroid dienone is 1. The molecule has 1 fully saturated rings. The Labute approximate surface area is 79.2 Å². The zero-order valence-corrected chi connectivity index (χ0v) is 8.30. The van der Waals surface area contributed by atoms with Crippen LogP contribution in [0.3, 0.4) is 0 Å². The highest BCUT2D eigenvalue weighted by Gasteiger charge is 2.17. The largest absolute Gasteiger partial charge is 0.389 e. The summed E-state index contributed by atoms with van der Waals surface area (Å²) in [4.78, 5) is 16.2. The molecule has 1 heterocycles. The Kier molecular flexibility index (Phi) is 5.90. The van der Waals surface area contributed by atoms with E-state index in [1.54, 1.807) is 0 Å². The predicted octanol–water partition coefficient (Wildman–Crippen LogP) is 1.57. The molecule has 1 atom stereocenters. The minimum atomic E-state index is 0.250. The second kappa shape index (κ2) is 6.44. The van der Waals surface area contributed by atoms with Gasteiger partial charge in [-0.1, -0.05) is 20.4 Å². The molecule has 1 saturated heterocycles. The van der Waals surface area contributed by atoms with Gasteiger partial charge in [0.05, 0.1) is 0 Å². The van der Waals surface area contributed by atoms with Gasteiger partial charge in [0, 0.05) is 12.2 Å². The summed E-state index contributed by atoms with van der Waals surface area (Å²) < 4.78 is 0. The lowest BCUT2D eigenvalue weighted by molar-refractivity contribution is -0.191. The Balaban J connectivity index is 0.000000424. The topological polar surface area (TPSA) is 46.2 Å². The van der Waals surface area contributed by atoms with Gasteiger partial charge < -0.3 is 5.32 Å². The molecule has 0 bridgehead atoms. The minimum Gasteiger partial charge on any atom is -0.389 e. The fourth-order valence-electron chi connectivity index (χ4n) is 1.61. The van der Waals surface area contributed by atoms with E-state index in [1.165, 1.54) is 18.5 Å². The normalized spacial score (nSPS) is 20.2. The van der Waals surface area contributed by atoms with Crippen molar-refractivity contribution in [3.8, 4) is 0 Å². The third-order valence-electron chi connectivity index (χ3n) is 1.98. The molecule has 0 unspecified atom stereocenters. The van der Waals surface area contributed by atoms with Gasteiger partial charge in [-0.15, -0.1) is 0 Å². The molecule has 1 N–H and O–H groups in total. The van der Waals surface area contributed by atoms with Crippen molar-refractivity contribution in [3.63, 3.8) is 0 Å². The lowest BCUT2D eigenvalue weighted by Gasteiger charge is -2.09. The van der Waals surface area contributed by atoms with Crippen LogP contribution in [-0.4, -0.2) is 12.7 Å². The van der Waals surface area contributed by atoms with Crippen LogP contribution in [0.4, 0.5) is 0 Å². The Bertz CT molecular complexity index is 193. The predicted molar refractivity (Wildman–Crippen MR) is 49.7 cm³/mol. The fraction of sp³-hybridized carbons (Fsp3) is 0.700. The summed E-state index contributed by atoms with van der Waals surface area (Å²) in [6, 6.07) is 0. The van der Waals surface area contributed by atoms with E-state index in [-0.39, 0.29) is 6.15 Å². The van der Waals surface area contributed by atoms with E-state index < -0.39 is 0 Å². The van der Waals surface area contributed by atoms with Crippen LogP contribution in [0.2, 0.25) is 0 Å². The summed E-state index contributed by atoms with van der Waals surface area (Å²) in [5, 5.41) is 3.28. The highest BCUT2D eigenvalue weighted by atomic mass is 16.2. The molecule has 0 aliphatic carbocycles. The maximum Gasteiger partial charge on any atom is 0.373 e. The first-order valence-corrected chi connectivity index (χ1v) is 4.51. The molecule has 3 heteroatoms. The molecule has 1 aliphatic heterocycles. The monoisotopic (exact) mass is 183 g/mol. The van der Waals surface area contributed by atoms with Crippen LogP contribution in [0.25, 0.3) is 0 Å². The summed E-state index contributed by atoms with van der Waals surface area (Å²) in [6.07, 6.45) is 2.78. The van der Waals surface area contributed by atoms with Crippen molar-refractivity contribution in [1.29, 1.82) is 0 Å². The summed E-state index contributed by atoms with van der Waals surface area (Å²) >= 11 is 0. The Hall–Kier alpha value is -1.08. The van der Waals surface area contributed by atoms with E-state index >= 15 is 0 Å². The highest BCUT2D eigenvalue weighted by molar-refractivity contribution is 5.20. The third-order valence-corrected chi connectivity index (χ3v) is 1.98. The number of hydrogen-bond acceptors (Lipinski definition) is 3. The average Bonchev–Trinajstić information content (AvgIpc) is 2.35. The van der Waals surface area contributed by atoms with E-state index in [0.29, 0.717) is 0 Å². The SMILES string of the molecule is C=C1C[C@H](CC(C)C)CN1.O=C=O. The average molecular weight is 183 g/mol. The summed E-state index contributed by atoms with van der Waals surface area (Å²) in [5.74, 6) is 1.69. The van der Waals surface area contributed by atoms with Crippen LogP contribution in [0.15, 0.2) is 12.3 Å². The fourth-order valence-corrected chi connectivity index (χ4v) is 1.61.